The first-order chi connectivity index (χ1) is 10.8. The minimum absolute atomic E-state index is 0. The number of fused-ring (bicyclic) bond motifs is 1. The van der Waals surface area contributed by atoms with Crippen LogP contribution in [-0.4, -0.2) is 30.5 Å². The van der Waals surface area contributed by atoms with Gasteiger partial charge in [-0.05, 0) is 23.3 Å². The van der Waals surface area contributed by atoms with Crippen LogP contribution in [0.15, 0.2) is 59.4 Å². The van der Waals surface area contributed by atoms with Gasteiger partial charge in [0.05, 0.1) is 12.1 Å². The average Bonchev–Trinajstić information content (AvgIpc) is 3.37. The summed E-state index contributed by atoms with van der Waals surface area (Å²) in [6, 6.07) is 17.2. The predicted octanol–water partition coefficient (Wildman–Crippen LogP) is 2.80. The molecule has 0 amide bonds. The van der Waals surface area contributed by atoms with Gasteiger partial charge in [-0.25, -0.2) is 0 Å². The molecule has 2 aromatic carbocycles. The summed E-state index contributed by atoms with van der Waals surface area (Å²) in [5, 5.41) is 1.01. The van der Waals surface area contributed by atoms with Crippen LogP contribution in [0.3, 0.4) is 0 Å². The molecule has 1 aliphatic rings. The number of hydrogen-bond acceptors (Lipinski definition) is 3. The average molecular weight is 300 g/mol. The molecule has 1 aromatic heterocycles. The Hall–Kier alpha value is -1.99. The molecular formula is C18H15LiNO3. The largest absolute Gasteiger partial charge is 0.489 e. The fourth-order valence-corrected chi connectivity index (χ4v) is 2.59. The molecule has 1 saturated heterocycles. The number of nitrogens with one attached hydrogen (secondary N) is 1. The molecule has 4 nitrogen and oxygen atoms in total. The van der Waals surface area contributed by atoms with Gasteiger partial charge < -0.3 is 14.5 Å². The van der Waals surface area contributed by atoms with E-state index >= 15 is 0 Å². The van der Waals surface area contributed by atoms with E-state index in [1.54, 1.807) is 6.07 Å². The summed E-state index contributed by atoms with van der Waals surface area (Å²) in [6.07, 6.45) is 0.105. The van der Waals surface area contributed by atoms with Crippen LogP contribution < -0.4 is 10.3 Å². The molecular weight excluding hydrogens is 285 g/mol. The first-order valence-corrected chi connectivity index (χ1v) is 7.25. The van der Waals surface area contributed by atoms with Crippen LogP contribution in [0.4, 0.5) is 0 Å². The maximum Gasteiger partial charge on any atom is 0.248 e. The molecule has 1 radical (unpaired) electrons. The Bertz CT molecular complexity index is 872. The minimum Gasteiger partial charge on any atom is -0.489 e. The smallest absolute Gasteiger partial charge is 0.248 e. The van der Waals surface area contributed by atoms with Gasteiger partial charge in [-0.2, -0.15) is 0 Å². The van der Waals surface area contributed by atoms with E-state index in [0.717, 1.165) is 34.4 Å². The number of benzene rings is 2. The van der Waals surface area contributed by atoms with Crippen molar-refractivity contribution in [2.24, 2.45) is 0 Å². The molecule has 23 heavy (non-hydrogen) atoms. The molecule has 1 fully saturated rings. The number of hydrogen-bond donors (Lipinski definition) is 1. The molecule has 0 spiro atoms. The summed E-state index contributed by atoms with van der Waals surface area (Å²) >= 11 is 0. The molecule has 0 saturated carbocycles. The number of H-pyrrole nitrogens is 1. The van der Waals surface area contributed by atoms with Crippen molar-refractivity contribution in [3.63, 3.8) is 0 Å². The second-order valence-corrected chi connectivity index (χ2v) is 5.39. The zero-order valence-corrected chi connectivity index (χ0v) is 12.9. The van der Waals surface area contributed by atoms with E-state index in [4.69, 9.17) is 9.47 Å². The van der Waals surface area contributed by atoms with E-state index < -0.39 is 0 Å². The van der Waals surface area contributed by atoms with E-state index in [0.29, 0.717) is 6.61 Å². The van der Waals surface area contributed by atoms with Crippen molar-refractivity contribution in [1.29, 1.82) is 0 Å². The summed E-state index contributed by atoms with van der Waals surface area (Å²) in [5.41, 5.74) is 2.84. The van der Waals surface area contributed by atoms with Crippen LogP contribution in [0, 0.1) is 0 Å². The molecule has 0 aliphatic carbocycles. The zero-order chi connectivity index (χ0) is 14.9. The molecule has 1 unspecified atom stereocenters. The Balaban J connectivity index is 0.00000156. The van der Waals surface area contributed by atoms with Crippen molar-refractivity contribution in [3.8, 4) is 5.75 Å². The molecule has 5 heteroatoms. The van der Waals surface area contributed by atoms with Crippen molar-refractivity contribution in [2.45, 2.75) is 12.7 Å². The number of epoxide rings is 1. The Kier molecular flexibility index (Phi) is 4.58. The van der Waals surface area contributed by atoms with Gasteiger partial charge in [0, 0.05) is 36.4 Å². The molecule has 3 aromatic rings. The molecule has 2 heterocycles. The Morgan fingerprint density at radius 3 is 2.65 bits per heavy atom. The van der Waals surface area contributed by atoms with Crippen LogP contribution in [0.2, 0.25) is 0 Å². The van der Waals surface area contributed by atoms with Crippen LogP contribution in [0.1, 0.15) is 17.2 Å². The molecule has 1 N–H and O–H groups in total. The van der Waals surface area contributed by atoms with Gasteiger partial charge in [0.15, 0.2) is 0 Å². The van der Waals surface area contributed by atoms with E-state index in [9.17, 15) is 4.79 Å². The van der Waals surface area contributed by atoms with E-state index in [1.165, 1.54) is 0 Å². The van der Waals surface area contributed by atoms with Gasteiger partial charge in [0.1, 0.15) is 18.5 Å². The van der Waals surface area contributed by atoms with Crippen molar-refractivity contribution in [3.05, 3.63) is 76.1 Å². The number of aromatic amines is 1. The van der Waals surface area contributed by atoms with Gasteiger partial charge >= 0.3 is 0 Å². The molecule has 1 aliphatic heterocycles. The van der Waals surface area contributed by atoms with Crippen molar-refractivity contribution < 1.29 is 9.47 Å². The quantitative estimate of drug-likeness (QED) is 0.595. The Morgan fingerprint density at radius 2 is 1.91 bits per heavy atom. The normalized spacial score (nSPS) is 15.9. The zero-order valence-electron chi connectivity index (χ0n) is 12.9. The standard InChI is InChI=1S/C18H15NO3.Li/c20-18-7-6-14-15(17-11-22-17)8-13(9-16(14)19-18)21-10-12-4-2-1-3-5-12;/h1-9,17H,10-11H2,(H,19,20);. The third-order valence-corrected chi connectivity index (χ3v) is 3.77. The van der Waals surface area contributed by atoms with E-state index in [-0.39, 0.29) is 30.5 Å². The van der Waals surface area contributed by atoms with Crippen LogP contribution in [0.5, 0.6) is 5.75 Å². The topological polar surface area (TPSA) is 54.6 Å². The van der Waals surface area contributed by atoms with Gasteiger partial charge in [-0.3, -0.25) is 4.79 Å². The van der Waals surface area contributed by atoms with Crippen molar-refractivity contribution in [2.75, 3.05) is 6.61 Å². The fraction of sp³-hybridized carbons (Fsp3) is 0.167. The summed E-state index contributed by atoms with van der Waals surface area (Å²) < 4.78 is 11.3. The van der Waals surface area contributed by atoms with Gasteiger partial charge in [0.25, 0.3) is 0 Å². The maximum atomic E-state index is 11.5. The van der Waals surface area contributed by atoms with Crippen LogP contribution in [0.25, 0.3) is 10.9 Å². The Morgan fingerprint density at radius 1 is 1.13 bits per heavy atom. The molecule has 1 atom stereocenters. The first kappa shape index (κ1) is 15.9. The Labute approximate surface area is 145 Å². The third-order valence-electron chi connectivity index (χ3n) is 3.77. The van der Waals surface area contributed by atoms with Crippen LogP contribution >= 0.6 is 0 Å². The molecule has 4 rings (SSSR count). The SMILES string of the molecule is O=c1ccc2c(C3CO3)cc(OCc3ccccc3)cc2[nH]1.[Li]. The van der Waals surface area contributed by atoms with Gasteiger partial charge in [-0.1, -0.05) is 30.3 Å². The number of pyridine rings is 1. The summed E-state index contributed by atoms with van der Waals surface area (Å²) in [6.45, 7) is 1.21. The monoisotopic (exact) mass is 300 g/mol. The van der Waals surface area contributed by atoms with Gasteiger partial charge in [0.2, 0.25) is 5.56 Å². The number of aromatic nitrogens is 1. The number of ether oxygens (including phenoxy) is 2. The van der Waals surface area contributed by atoms with E-state index in [1.807, 2.05) is 48.5 Å². The molecule has 0 bridgehead atoms. The third kappa shape index (κ3) is 3.51. The van der Waals surface area contributed by atoms with Crippen molar-refractivity contribution >= 4 is 29.8 Å². The first-order valence-electron chi connectivity index (χ1n) is 7.25. The summed E-state index contributed by atoms with van der Waals surface area (Å²) in [7, 11) is 0. The number of rotatable bonds is 4. The second-order valence-electron chi connectivity index (χ2n) is 5.39. The predicted molar refractivity (Wildman–Crippen MR) is 89.8 cm³/mol. The van der Waals surface area contributed by atoms with Crippen LogP contribution in [-0.2, 0) is 11.3 Å². The summed E-state index contributed by atoms with van der Waals surface area (Å²) in [5.74, 6) is 0.740. The summed E-state index contributed by atoms with van der Waals surface area (Å²) in [4.78, 5) is 14.4. The van der Waals surface area contributed by atoms with E-state index in [2.05, 4.69) is 4.98 Å². The maximum absolute atomic E-state index is 11.5. The fourth-order valence-electron chi connectivity index (χ4n) is 2.59. The van der Waals surface area contributed by atoms with Gasteiger partial charge in [-0.15, -0.1) is 0 Å². The second kappa shape index (κ2) is 6.63. The van der Waals surface area contributed by atoms with Crippen molar-refractivity contribution in [1.82, 2.24) is 4.98 Å². The minimum atomic E-state index is -0.115. The molecule has 111 valence electrons.